The lowest BCUT2D eigenvalue weighted by Crippen LogP contribution is -2.39. The van der Waals surface area contributed by atoms with Gasteiger partial charge in [0.05, 0.1) is 13.5 Å². The van der Waals surface area contributed by atoms with Gasteiger partial charge < -0.3 is 15.0 Å². The number of amides is 2. The number of ether oxygens (including phenoxy) is 1. The molecule has 1 aliphatic heterocycles. The van der Waals surface area contributed by atoms with Crippen LogP contribution in [-0.4, -0.2) is 53.0 Å². The van der Waals surface area contributed by atoms with E-state index in [1.807, 2.05) is 66.4 Å². The first kappa shape index (κ1) is 20.8. The second-order valence-electron chi connectivity index (χ2n) is 6.79. The van der Waals surface area contributed by atoms with Crippen molar-refractivity contribution in [1.29, 1.82) is 0 Å². The van der Waals surface area contributed by atoms with E-state index >= 15 is 0 Å². The highest BCUT2D eigenvalue weighted by molar-refractivity contribution is 7.80. The van der Waals surface area contributed by atoms with Gasteiger partial charge in [0.1, 0.15) is 11.8 Å². The number of carbonyl (C=O) groups is 2. The molecule has 1 aliphatic rings. The monoisotopic (exact) mass is 411 g/mol. The highest BCUT2D eigenvalue weighted by atomic mass is 32.1. The molecular weight excluding hydrogens is 386 g/mol. The molecule has 1 fully saturated rings. The third kappa shape index (κ3) is 4.92. The molecule has 152 valence electrons. The van der Waals surface area contributed by atoms with Crippen molar-refractivity contribution in [1.82, 2.24) is 9.80 Å². The van der Waals surface area contributed by atoms with Gasteiger partial charge in [0.2, 0.25) is 5.91 Å². The van der Waals surface area contributed by atoms with Crippen molar-refractivity contribution in [3.63, 3.8) is 0 Å². The number of hydrogen-bond donors (Lipinski definition) is 1. The van der Waals surface area contributed by atoms with E-state index in [4.69, 9.17) is 17.0 Å². The van der Waals surface area contributed by atoms with Crippen LogP contribution in [0.3, 0.4) is 0 Å². The third-order valence-corrected chi connectivity index (χ3v) is 5.41. The van der Waals surface area contributed by atoms with Crippen LogP contribution in [0.15, 0.2) is 54.6 Å². The Morgan fingerprint density at radius 3 is 2.45 bits per heavy atom. The Morgan fingerprint density at radius 1 is 1.14 bits per heavy atom. The van der Waals surface area contributed by atoms with Crippen LogP contribution in [0, 0.1) is 0 Å². The maximum absolute atomic E-state index is 12.8. The zero-order valence-corrected chi connectivity index (χ0v) is 17.4. The molecule has 0 spiro atoms. The summed E-state index contributed by atoms with van der Waals surface area (Å²) in [7, 11) is 1.63. The van der Waals surface area contributed by atoms with E-state index in [-0.39, 0.29) is 18.2 Å². The zero-order chi connectivity index (χ0) is 20.8. The molecule has 1 heterocycles. The number of nitrogens with one attached hydrogen (secondary N) is 1. The largest absolute Gasteiger partial charge is 0.497 e. The Bertz CT molecular complexity index is 871. The molecule has 2 aromatic carbocycles. The molecule has 2 aromatic rings. The minimum absolute atomic E-state index is 0.0625. The van der Waals surface area contributed by atoms with Crippen LogP contribution in [-0.2, 0) is 16.0 Å². The highest BCUT2D eigenvalue weighted by Crippen LogP contribution is 2.22. The molecule has 29 heavy (non-hydrogen) atoms. The summed E-state index contributed by atoms with van der Waals surface area (Å²) in [5, 5.41) is 3.34. The van der Waals surface area contributed by atoms with E-state index in [9.17, 15) is 9.59 Å². The Hall–Kier alpha value is -2.93. The molecule has 0 aromatic heterocycles. The third-order valence-electron chi connectivity index (χ3n) is 4.96. The smallest absolute Gasteiger partial charge is 0.252 e. The van der Waals surface area contributed by atoms with Crippen LogP contribution in [0.1, 0.15) is 18.9 Å². The first-order chi connectivity index (χ1) is 14.0. The molecule has 7 heteroatoms. The SMILES string of the molecule is CCN1C(=O)[C@@H](CC(=O)Nc2ccccc2)N(CCc2ccc(OC)cc2)C1=S. The molecule has 1 atom stereocenters. The topological polar surface area (TPSA) is 61.9 Å². The summed E-state index contributed by atoms with van der Waals surface area (Å²) in [6, 6.07) is 16.5. The fraction of sp³-hybridized carbons (Fsp3) is 0.318. The number of benzene rings is 2. The number of rotatable bonds is 8. The van der Waals surface area contributed by atoms with Gasteiger partial charge in [0.15, 0.2) is 5.11 Å². The van der Waals surface area contributed by atoms with Gasteiger partial charge in [-0.1, -0.05) is 30.3 Å². The first-order valence-electron chi connectivity index (χ1n) is 9.63. The number of anilines is 1. The summed E-state index contributed by atoms with van der Waals surface area (Å²) in [6.45, 7) is 2.95. The minimum Gasteiger partial charge on any atom is -0.497 e. The molecule has 0 radical (unpaired) electrons. The van der Waals surface area contributed by atoms with Crippen LogP contribution in [0.2, 0.25) is 0 Å². The predicted octanol–water partition coefficient (Wildman–Crippen LogP) is 3.08. The molecular formula is C22H25N3O3S. The number of methoxy groups -OCH3 is 1. The van der Waals surface area contributed by atoms with Gasteiger partial charge >= 0.3 is 0 Å². The van der Waals surface area contributed by atoms with Crippen LogP contribution in [0.4, 0.5) is 5.69 Å². The summed E-state index contributed by atoms with van der Waals surface area (Å²) in [5.41, 5.74) is 1.83. The maximum atomic E-state index is 12.8. The number of thiocarbonyl (C=S) groups is 1. The number of para-hydroxylation sites is 1. The molecule has 0 saturated carbocycles. The van der Waals surface area contributed by atoms with Gasteiger partial charge in [0, 0.05) is 18.8 Å². The van der Waals surface area contributed by atoms with Gasteiger partial charge in [-0.3, -0.25) is 14.5 Å². The Labute approximate surface area is 176 Å². The average Bonchev–Trinajstić information content (AvgIpc) is 2.96. The summed E-state index contributed by atoms with van der Waals surface area (Å²) < 4.78 is 5.19. The van der Waals surface area contributed by atoms with Crippen LogP contribution in [0.5, 0.6) is 5.75 Å². The van der Waals surface area contributed by atoms with E-state index in [0.29, 0.717) is 30.3 Å². The van der Waals surface area contributed by atoms with Crippen LogP contribution >= 0.6 is 12.2 Å². The highest BCUT2D eigenvalue weighted by Gasteiger charge is 2.42. The Balaban J connectivity index is 1.68. The second kappa shape index (κ2) is 9.52. The van der Waals surface area contributed by atoms with E-state index in [0.717, 1.165) is 11.3 Å². The predicted molar refractivity (Wildman–Crippen MR) is 117 cm³/mol. The molecule has 0 unspecified atom stereocenters. The van der Waals surface area contributed by atoms with Gasteiger partial charge in [-0.15, -0.1) is 0 Å². The Morgan fingerprint density at radius 2 is 1.83 bits per heavy atom. The number of likely N-dealkylation sites (N-methyl/N-ethyl adjacent to an activating group) is 1. The van der Waals surface area contributed by atoms with Crippen molar-refractivity contribution in [2.45, 2.75) is 25.8 Å². The standard InChI is InChI=1S/C22H25N3O3S/c1-3-24-21(27)19(15-20(26)23-17-7-5-4-6-8-17)25(22(24)29)14-13-16-9-11-18(28-2)12-10-16/h4-12,19H,3,13-15H2,1-2H3,(H,23,26)/t19-/m1/s1. The lowest BCUT2D eigenvalue weighted by molar-refractivity contribution is -0.130. The van der Waals surface area contributed by atoms with Gasteiger partial charge in [-0.05, 0) is 55.4 Å². The molecule has 6 nitrogen and oxygen atoms in total. The van der Waals surface area contributed by atoms with Crippen molar-refractivity contribution >= 4 is 34.8 Å². The fourth-order valence-corrected chi connectivity index (χ4v) is 3.82. The van der Waals surface area contributed by atoms with Gasteiger partial charge in [-0.25, -0.2) is 0 Å². The summed E-state index contributed by atoms with van der Waals surface area (Å²) in [4.78, 5) is 28.8. The van der Waals surface area contributed by atoms with E-state index in [1.165, 1.54) is 0 Å². The molecule has 0 bridgehead atoms. The molecule has 0 aliphatic carbocycles. The molecule has 1 N–H and O–H groups in total. The zero-order valence-electron chi connectivity index (χ0n) is 16.6. The summed E-state index contributed by atoms with van der Waals surface area (Å²) in [5.74, 6) is 0.480. The van der Waals surface area contributed by atoms with Crippen molar-refractivity contribution in [3.05, 3.63) is 60.2 Å². The summed E-state index contributed by atoms with van der Waals surface area (Å²) >= 11 is 5.53. The van der Waals surface area contributed by atoms with Crippen molar-refractivity contribution < 1.29 is 14.3 Å². The summed E-state index contributed by atoms with van der Waals surface area (Å²) in [6.07, 6.45) is 0.777. The Kier molecular flexibility index (Phi) is 6.82. The molecule has 2 amide bonds. The van der Waals surface area contributed by atoms with Crippen molar-refractivity contribution in [3.8, 4) is 5.75 Å². The first-order valence-corrected chi connectivity index (χ1v) is 10.0. The lowest BCUT2D eigenvalue weighted by atomic mass is 10.1. The van der Waals surface area contributed by atoms with Crippen molar-refractivity contribution in [2.75, 3.05) is 25.5 Å². The van der Waals surface area contributed by atoms with E-state index in [2.05, 4.69) is 5.32 Å². The van der Waals surface area contributed by atoms with Crippen LogP contribution < -0.4 is 10.1 Å². The van der Waals surface area contributed by atoms with Gasteiger partial charge in [0.25, 0.3) is 5.91 Å². The van der Waals surface area contributed by atoms with Gasteiger partial charge in [-0.2, -0.15) is 0 Å². The number of nitrogens with zero attached hydrogens (tertiary/aromatic N) is 2. The average molecular weight is 412 g/mol. The second-order valence-corrected chi connectivity index (χ2v) is 7.16. The molecule has 1 saturated heterocycles. The minimum atomic E-state index is -0.579. The number of hydrogen-bond acceptors (Lipinski definition) is 4. The molecule has 3 rings (SSSR count). The van der Waals surface area contributed by atoms with E-state index in [1.54, 1.807) is 12.0 Å². The lowest BCUT2D eigenvalue weighted by Gasteiger charge is -2.23. The maximum Gasteiger partial charge on any atom is 0.252 e. The van der Waals surface area contributed by atoms with Crippen molar-refractivity contribution in [2.24, 2.45) is 0 Å². The quantitative estimate of drug-likeness (QED) is 0.677. The van der Waals surface area contributed by atoms with Crippen LogP contribution in [0.25, 0.3) is 0 Å². The van der Waals surface area contributed by atoms with E-state index < -0.39 is 6.04 Å². The number of carbonyl (C=O) groups excluding carboxylic acids is 2. The fourth-order valence-electron chi connectivity index (χ4n) is 3.39. The normalized spacial score (nSPS) is 16.3.